The Morgan fingerprint density at radius 1 is 1.80 bits per heavy atom. The van der Waals surface area contributed by atoms with Crippen LogP contribution in [0.4, 0.5) is 0 Å². The minimum absolute atomic E-state index is 0.129. The predicted octanol–water partition coefficient (Wildman–Crippen LogP) is 0.721. The number of carboxylic acids is 1. The number of likely N-dealkylation sites (tertiary alicyclic amines) is 1. The highest BCUT2D eigenvalue weighted by Crippen LogP contribution is 2.21. The third kappa shape index (κ3) is 2.50. The second kappa shape index (κ2) is 4.83. The number of amides is 1. The highest BCUT2D eigenvalue weighted by atomic mass is 16.4. The van der Waals surface area contributed by atoms with Crippen LogP contribution in [0.15, 0.2) is 0 Å². The summed E-state index contributed by atoms with van der Waals surface area (Å²) in [5.41, 5.74) is 0. The van der Waals surface area contributed by atoms with Gasteiger partial charge in [0, 0.05) is 18.9 Å². The number of hydrogen-bond acceptors (Lipinski definition) is 2. The van der Waals surface area contributed by atoms with Gasteiger partial charge in [0.05, 0.1) is 0 Å². The minimum Gasteiger partial charge on any atom is -0.480 e. The third-order valence-corrected chi connectivity index (χ3v) is 2.62. The summed E-state index contributed by atoms with van der Waals surface area (Å²) in [5.74, 6) is 1.29. The van der Waals surface area contributed by atoms with E-state index in [-0.39, 0.29) is 18.2 Å². The molecule has 0 bridgehead atoms. The molecule has 1 aliphatic rings. The van der Waals surface area contributed by atoms with Crippen molar-refractivity contribution in [3.05, 3.63) is 0 Å². The van der Waals surface area contributed by atoms with Crippen molar-refractivity contribution in [3.63, 3.8) is 0 Å². The van der Waals surface area contributed by atoms with Crippen LogP contribution < -0.4 is 0 Å². The van der Waals surface area contributed by atoms with Gasteiger partial charge in [-0.1, -0.05) is 13.3 Å². The van der Waals surface area contributed by atoms with E-state index in [4.69, 9.17) is 11.5 Å². The van der Waals surface area contributed by atoms with Crippen molar-refractivity contribution < 1.29 is 14.7 Å². The topological polar surface area (TPSA) is 57.6 Å². The molecule has 1 fully saturated rings. The lowest BCUT2D eigenvalue weighted by atomic mass is 10.1. The molecular weight excluding hydrogens is 194 g/mol. The number of rotatable bonds is 4. The molecule has 1 aliphatic heterocycles. The Morgan fingerprint density at radius 3 is 2.87 bits per heavy atom. The predicted molar refractivity (Wildman–Crippen MR) is 55.0 cm³/mol. The fraction of sp³-hybridized carbons (Fsp3) is 0.636. The van der Waals surface area contributed by atoms with Crippen LogP contribution in [0.2, 0.25) is 0 Å². The number of hydrogen-bond donors (Lipinski definition) is 1. The Labute approximate surface area is 89.3 Å². The number of terminal acetylenes is 1. The highest BCUT2D eigenvalue weighted by molar-refractivity contribution is 5.85. The number of aliphatic carboxylic acids is 1. The van der Waals surface area contributed by atoms with E-state index < -0.39 is 12.0 Å². The summed E-state index contributed by atoms with van der Waals surface area (Å²) in [6, 6.07) is -0.708. The van der Waals surface area contributed by atoms with Gasteiger partial charge >= 0.3 is 5.97 Å². The van der Waals surface area contributed by atoms with Crippen molar-refractivity contribution in [2.75, 3.05) is 6.54 Å². The Bertz CT molecular complexity index is 305. The van der Waals surface area contributed by atoms with Crippen molar-refractivity contribution in [1.29, 1.82) is 0 Å². The van der Waals surface area contributed by atoms with Crippen molar-refractivity contribution in [1.82, 2.24) is 4.90 Å². The molecule has 0 aromatic heterocycles. The molecule has 0 radical (unpaired) electrons. The van der Waals surface area contributed by atoms with E-state index in [1.807, 2.05) is 6.92 Å². The maximum absolute atomic E-state index is 11.5. The summed E-state index contributed by atoms with van der Waals surface area (Å²) < 4.78 is 0. The molecule has 2 atom stereocenters. The average molecular weight is 209 g/mol. The molecule has 82 valence electrons. The molecule has 0 aromatic rings. The summed E-state index contributed by atoms with van der Waals surface area (Å²) in [6.45, 7) is 2.28. The Morgan fingerprint density at radius 2 is 2.47 bits per heavy atom. The standard InChI is InChI=1S/C11H15NO3/c1-3-5-9(11(14)15)12-7-8(4-2)6-10(12)13/h2,8-9H,3,5-7H2,1H3,(H,14,15)/t8?,9-/m0/s1. The molecule has 1 saturated heterocycles. The molecule has 1 N–H and O–H groups in total. The van der Waals surface area contributed by atoms with Crippen molar-refractivity contribution in [2.45, 2.75) is 32.2 Å². The molecule has 4 heteroatoms. The van der Waals surface area contributed by atoms with Crippen LogP contribution in [-0.2, 0) is 9.59 Å². The first-order valence-electron chi connectivity index (χ1n) is 5.08. The molecule has 15 heavy (non-hydrogen) atoms. The molecule has 0 saturated carbocycles. The van der Waals surface area contributed by atoms with Crippen LogP contribution in [0.25, 0.3) is 0 Å². The van der Waals surface area contributed by atoms with Gasteiger partial charge in [-0.05, 0) is 6.42 Å². The van der Waals surface area contributed by atoms with Gasteiger partial charge in [-0.2, -0.15) is 0 Å². The quantitative estimate of drug-likeness (QED) is 0.694. The van der Waals surface area contributed by atoms with Gasteiger partial charge in [0.2, 0.25) is 5.91 Å². The highest BCUT2D eigenvalue weighted by Gasteiger charge is 2.36. The SMILES string of the molecule is C#CC1CC(=O)N([C@@H](CCC)C(=O)O)C1. The molecule has 4 nitrogen and oxygen atoms in total. The van der Waals surface area contributed by atoms with Crippen LogP contribution in [0.5, 0.6) is 0 Å². The third-order valence-electron chi connectivity index (χ3n) is 2.62. The first kappa shape index (κ1) is 11.6. The maximum Gasteiger partial charge on any atom is 0.326 e. The van der Waals surface area contributed by atoms with Gasteiger partial charge in [0.25, 0.3) is 0 Å². The molecule has 1 unspecified atom stereocenters. The summed E-state index contributed by atoms with van der Waals surface area (Å²) in [5, 5.41) is 9.00. The van der Waals surface area contributed by atoms with Crippen LogP contribution in [0, 0.1) is 18.3 Å². The van der Waals surface area contributed by atoms with Gasteiger partial charge in [-0.15, -0.1) is 12.3 Å². The molecule has 1 rings (SSSR count). The second-order valence-corrected chi connectivity index (χ2v) is 3.76. The van der Waals surface area contributed by atoms with Crippen molar-refractivity contribution in [3.8, 4) is 12.3 Å². The molecular formula is C11H15NO3. The fourth-order valence-electron chi connectivity index (χ4n) is 1.83. The average Bonchev–Trinajstić information content (AvgIpc) is 2.55. The zero-order valence-corrected chi connectivity index (χ0v) is 8.77. The fourth-order valence-corrected chi connectivity index (χ4v) is 1.83. The van der Waals surface area contributed by atoms with E-state index in [9.17, 15) is 9.59 Å². The Hall–Kier alpha value is -1.50. The summed E-state index contributed by atoms with van der Waals surface area (Å²) in [7, 11) is 0. The molecule has 1 amide bonds. The van der Waals surface area contributed by atoms with Gasteiger partial charge < -0.3 is 10.0 Å². The number of carbonyl (C=O) groups is 2. The largest absolute Gasteiger partial charge is 0.480 e. The van der Waals surface area contributed by atoms with Crippen molar-refractivity contribution >= 4 is 11.9 Å². The lowest BCUT2D eigenvalue weighted by Crippen LogP contribution is -2.42. The zero-order chi connectivity index (χ0) is 11.4. The van der Waals surface area contributed by atoms with Gasteiger partial charge in [-0.3, -0.25) is 4.79 Å². The lowest BCUT2D eigenvalue weighted by Gasteiger charge is -2.23. The van der Waals surface area contributed by atoms with E-state index in [0.29, 0.717) is 13.0 Å². The molecule has 0 spiro atoms. The van der Waals surface area contributed by atoms with Crippen LogP contribution in [-0.4, -0.2) is 34.5 Å². The number of carbonyl (C=O) groups excluding carboxylic acids is 1. The van der Waals surface area contributed by atoms with E-state index in [0.717, 1.165) is 6.42 Å². The summed E-state index contributed by atoms with van der Waals surface area (Å²) >= 11 is 0. The van der Waals surface area contributed by atoms with Crippen LogP contribution in [0.3, 0.4) is 0 Å². The van der Waals surface area contributed by atoms with Crippen LogP contribution >= 0.6 is 0 Å². The number of carboxylic acid groups (broad SMARTS) is 1. The van der Waals surface area contributed by atoms with Gasteiger partial charge in [-0.25, -0.2) is 4.79 Å². The number of nitrogens with zero attached hydrogens (tertiary/aromatic N) is 1. The Kier molecular flexibility index (Phi) is 3.73. The summed E-state index contributed by atoms with van der Waals surface area (Å²) in [4.78, 5) is 23.9. The molecule has 1 heterocycles. The van der Waals surface area contributed by atoms with Crippen molar-refractivity contribution in [2.24, 2.45) is 5.92 Å². The summed E-state index contributed by atoms with van der Waals surface area (Å²) in [6.07, 6.45) is 6.74. The van der Waals surface area contributed by atoms with Gasteiger partial charge in [0.15, 0.2) is 0 Å². The lowest BCUT2D eigenvalue weighted by molar-refractivity contribution is -0.148. The molecule has 0 aliphatic carbocycles. The van der Waals surface area contributed by atoms with E-state index in [1.54, 1.807) is 0 Å². The van der Waals surface area contributed by atoms with E-state index in [2.05, 4.69) is 5.92 Å². The Balaban J connectivity index is 2.73. The van der Waals surface area contributed by atoms with Crippen LogP contribution in [0.1, 0.15) is 26.2 Å². The first-order chi connectivity index (χ1) is 7.10. The zero-order valence-electron chi connectivity index (χ0n) is 8.77. The second-order valence-electron chi connectivity index (χ2n) is 3.76. The monoisotopic (exact) mass is 209 g/mol. The van der Waals surface area contributed by atoms with Gasteiger partial charge in [0.1, 0.15) is 6.04 Å². The maximum atomic E-state index is 11.5. The normalized spacial score (nSPS) is 22.5. The minimum atomic E-state index is -0.942. The smallest absolute Gasteiger partial charge is 0.326 e. The van der Waals surface area contributed by atoms with E-state index in [1.165, 1.54) is 4.90 Å². The molecule has 0 aromatic carbocycles. The van der Waals surface area contributed by atoms with E-state index >= 15 is 0 Å². The first-order valence-corrected chi connectivity index (χ1v) is 5.08.